The van der Waals surface area contributed by atoms with E-state index in [2.05, 4.69) is 21.5 Å². The van der Waals surface area contributed by atoms with Crippen molar-refractivity contribution in [3.05, 3.63) is 53.8 Å². The molecule has 0 fully saturated rings. The smallest absolute Gasteiger partial charge is 0.264 e. The van der Waals surface area contributed by atoms with Gasteiger partial charge in [-0.15, -0.1) is 11.3 Å². The highest BCUT2D eigenvalue weighted by Crippen LogP contribution is 2.43. The lowest BCUT2D eigenvalue weighted by molar-refractivity contribution is -0.146. The lowest BCUT2D eigenvalue weighted by Gasteiger charge is -2.17. The standard InChI is InChI=1S/C22H15N7O3S/c1-2-16(30)28-21(31)12-6-11(7-13(12)22(28)32)29-20-17(19(23)24-8-25-20)18(27-29)10-3-4-14-15(5-10)33-9-26-14/h2-5,8-9,11H,1,6-7H2,(H2,23,24,25). The van der Waals surface area contributed by atoms with Crippen LogP contribution in [-0.4, -0.2) is 47.4 Å². The molecule has 0 saturated heterocycles. The Hall–Kier alpha value is -4.25. The second kappa shape index (κ2) is 6.87. The fourth-order valence-corrected chi connectivity index (χ4v) is 5.22. The third-order valence-corrected chi connectivity index (χ3v) is 6.82. The predicted molar refractivity (Wildman–Crippen MR) is 121 cm³/mol. The van der Waals surface area contributed by atoms with E-state index in [1.165, 1.54) is 17.7 Å². The Morgan fingerprint density at radius 1 is 1.15 bits per heavy atom. The number of benzene rings is 1. The molecule has 11 heteroatoms. The van der Waals surface area contributed by atoms with E-state index in [9.17, 15) is 14.4 Å². The van der Waals surface area contributed by atoms with Gasteiger partial charge in [0.15, 0.2) is 5.65 Å². The zero-order valence-electron chi connectivity index (χ0n) is 17.1. The summed E-state index contributed by atoms with van der Waals surface area (Å²) in [7, 11) is 0. The first-order chi connectivity index (χ1) is 16.0. The molecule has 10 nitrogen and oxygen atoms in total. The molecule has 6 rings (SSSR count). The number of nitrogen functional groups attached to an aromatic ring is 1. The van der Waals surface area contributed by atoms with Crippen LogP contribution in [0.1, 0.15) is 18.9 Å². The monoisotopic (exact) mass is 457 g/mol. The van der Waals surface area contributed by atoms with Crippen LogP contribution in [0.4, 0.5) is 5.82 Å². The highest BCUT2D eigenvalue weighted by atomic mass is 32.1. The Bertz CT molecular complexity index is 1550. The van der Waals surface area contributed by atoms with E-state index >= 15 is 0 Å². The first-order valence-electron chi connectivity index (χ1n) is 10.1. The van der Waals surface area contributed by atoms with E-state index in [1.54, 1.807) is 10.2 Å². The van der Waals surface area contributed by atoms with E-state index in [0.29, 0.717) is 38.6 Å². The number of hydrogen-bond donors (Lipinski definition) is 1. The zero-order chi connectivity index (χ0) is 22.9. The minimum atomic E-state index is -0.721. The molecule has 0 unspecified atom stereocenters. The van der Waals surface area contributed by atoms with E-state index in [-0.39, 0.29) is 18.9 Å². The number of likely N-dealkylation sites (tertiary alicyclic amines) is 1. The first kappa shape index (κ1) is 19.4. The first-order valence-corrected chi connectivity index (χ1v) is 11.0. The van der Waals surface area contributed by atoms with E-state index in [4.69, 9.17) is 10.8 Å². The molecule has 0 saturated carbocycles. The third kappa shape index (κ3) is 2.69. The summed E-state index contributed by atoms with van der Waals surface area (Å²) < 4.78 is 2.72. The molecule has 3 aromatic heterocycles. The average molecular weight is 457 g/mol. The fraction of sp³-hybridized carbons (Fsp3) is 0.136. The molecule has 1 aromatic carbocycles. The van der Waals surface area contributed by atoms with Gasteiger partial charge in [-0.05, 0) is 18.2 Å². The molecule has 2 aliphatic rings. The minimum Gasteiger partial charge on any atom is -0.383 e. The normalized spacial score (nSPS) is 16.4. The molecule has 33 heavy (non-hydrogen) atoms. The summed E-state index contributed by atoms with van der Waals surface area (Å²) in [5.74, 6) is -1.62. The van der Waals surface area contributed by atoms with Gasteiger partial charge in [-0.3, -0.25) is 14.4 Å². The fourth-order valence-electron chi connectivity index (χ4n) is 4.50. The molecular weight excluding hydrogens is 442 g/mol. The van der Waals surface area contributed by atoms with Crippen LogP contribution in [0.25, 0.3) is 32.5 Å². The van der Waals surface area contributed by atoms with Crippen molar-refractivity contribution in [2.45, 2.75) is 18.9 Å². The van der Waals surface area contributed by atoms with E-state index in [1.807, 2.05) is 18.2 Å². The van der Waals surface area contributed by atoms with Gasteiger partial charge in [0, 0.05) is 29.6 Å². The number of hydrogen-bond acceptors (Lipinski definition) is 9. The van der Waals surface area contributed by atoms with Gasteiger partial charge in [-0.25, -0.2) is 24.5 Å². The third-order valence-electron chi connectivity index (χ3n) is 6.03. The molecule has 1 aliphatic heterocycles. The maximum Gasteiger partial charge on any atom is 0.264 e. The van der Waals surface area contributed by atoms with Crippen LogP contribution in [0, 0.1) is 0 Å². The van der Waals surface area contributed by atoms with Crippen molar-refractivity contribution in [1.82, 2.24) is 29.6 Å². The second-order valence-electron chi connectivity index (χ2n) is 7.79. The van der Waals surface area contributed by atoms with Crippen molar-refractivity contribution in [2.75, 3.05) is 5.73 Å². The van der Waals surface area contributed by atoms with Crippen LogP contribution in [0.15, 0.2) is 53.8 Å². The van der Waals surface area contributed by atoms with E-state index in [0.717, 1.165) is 21.9 Å². The zero-order valence-corrected chi connectivity index (χ0v) is 17.9. The summed E-state index contributed by atoms with van der Waals surface area (Å²) in [6, 6.07) is 5.51. The molecule has 4 heterocycles. The van der Waals surface area contributed by atoms with Gasteiger partial charge in [-0.1, -0.05) is 12.6 Å². The molecular formula is C22H15N7O3S. The minimum absolute atomic E-state index is 0.259. The van der Waals surface area contributed by atoms with Crippen LogP contribution in [0.5, 0.6) is 0 Å². The van der Waals surface area contributed by atoms with Gasteiger partial charge in [-0.2, -0.15) is 5.10 Å². The number of amides is 3. The number of thiazole rings is 1. The van der Waals surface area contributed by atoms with Crippen molar-refractivity contribution < 1.29 is 14.4 Å². The number of carbonyl (C=O) groups is 3. The quantitative estimate of drug-likeness (QED) is 0.366. The number of nitrogens with zero attached hydrogens (tertiary/aromatic N) is 6. The van der Waals surface area contributed by atoms with Gasteiger partial charge in [0.2, 0.25) is 0 Å². The molecule has 1 aliphatic carbocycles. The molecule has 2 N–H and O–H groups in total. The van der Waals surface area contributed by atoms with Crippen molar-refractivity contribution in [3.63, 3.8) is 0 Å². The van der Waals surface area contributed by atoms with Crippen LogP contribution < -0.4 is 5.73 Å². The lowest BCUT2D eigenvalue weighted by Crippen LogP contribution is -2.37. The summed E-state index contributed by atoms with van der Waals surface area (Å²) in [5, 5.41) is 5.42. The second-order valence-corrected chi connectivity index (χ2v) is 8.68. The summed E-state index contributed by atoms with van der Waals surface area (Å²) in [5.41, 5.74) is 11.5. The number of rotatable bonds is 3. The number of anilines is 1. The molecule has 0 atom stereocenters. The molecule has 0 bridgehead atoms. The van der Waals surface area contributed by atoms with Gasteiger partial charge in [0.1, 0.15) is 17.8 Å². The summed E-state index contributed by atoms with van der Waals surface area (Å²) in [6.45, 7) is 3.36. The highest BCUT2D eigenvalue weighted by molar-refractivity contribution is 7.16. The van der Waals surface area contributed by atoms with Crippen molar-refractivity contribution >= 4 is 56.1 Å². The van der Waals surface area contributed by atoms with Crippen LogP contribution >= 0.6 is 11.3 Å². The Morgan fingerprint density at radius 3 is 2.64 bits per heavy atom. The number of carbonyl (C=O) groups excluding carboxylic acids is 3. The molecule has 162 valence electrons. The number of imide groups is 3. The van der Waals surface area contributed by atoms with Crippen molar-refractivity contribution in [2.24, 2.45) is 0 Å². The maximum atomic E-state index is 12.7. The van der Waals surface area contributed by atoms with Crippen LogP contribution in [0.3, 0.4) is 0 Å². The Balaban J connectivity index is 1.43. The molecule has 4 aromatic rings. The maximum absolute atomic E-state index is 12.7. The molecule has 0 radical (unpaired) electrons. The SMILES string of the molecule is C=CC(=O)N1C(=O)C2=C(CC(n3nc(-c4ccc5ncsc5c4)c4c(N)ncnc43)C2)C1=O. The molecule has 3 amide bonds. The van der Waals surface area contributed by atoms with E-state index < -0.39 is 17.7 Å². The Labute approximate surface area is 190 Å². The number of fused-ring (bicyclic) bond motifs is 2. The molecule has 0 spiro atoms. The summed E-state index contributed by atoms with van der Waals surface area (Å²) in [4.78, 5) is 50.9. The number of nitrogens with two attached hydrogens (primary N) is 1. The number of aromatic nitrogens is 5. The van der Waals surface area contributed by atoms with Gasteiger partial charge < -0.3 is 5.73 Å². The summed E-state index contributed by atoms with van der Waals surface area (Å²) in [6.07, 6.45) is 2.84. The Kier molecular flexibility index (Phi) is 4.05. The van der Waals surface area contributed by atoms with Crippen LogP contribution in [-0.2, 0) is 14.4 Å². The highest BCUT2D eigenvalue weighted by Gasteiger charge is 2.46. The van der Waals surface area contributed by atoms with Gasteiger partial charge in [0.25, 0.3) is 17.7 Å². The Morgan fingerprint density at radius 2 is 1.91 bits per heavy atom. The van der Waals surface area contributed by atoms with Gasteiger partial charge >= 0.3 is 0 Å². The van der Waals surface area contributed by atoms with Crippen molar-refractivity contribution in [1.29, 1.82) is 0 Å². The van der Waals surface area contributed by atoms with Crippen LogP contribution in [0.2, 0.25) is 0 Å². The summed E-state index contributed by atoms with van der Waals surface area (Å²) >= 11 is 1.52. The largest absolute Gasteiger partial charge is 0.383 e. The average Bonchev–Trinajstić information content (AvgIpc) is 3.57. The predicted octanol–water partition coefficient (Wildman–Crippen LogP) is 2.40. The van der Waals surface area contributed by atoms with Crippen molar-refractivity contribution in [3.8, 4) is 11.3 Å². The lowest BCUT2D eigenvalue weighted by atomic mass is 10.1. The van der Waals surface area contributed by atoms with Gasteiger partial charge in [0.05, 0.1) is 27.2 Å². The topological polar surface area (TPSA) is 137 Å².